The summed E-state index contributed by atoms with van der Waals surface area (Å²) in [6.45, 7) is 3.58. The molecule has 0 aromatic carbocycles. The summed E-state index contributed by atoms with van der Waals surface area (Å²) in [4.78, 5) is 13.5. The van der Waals surface area contributed by atoms with Gasteiger partial charge in [-0.2, -0.15) is 0 Å². The Hall–Kier alpha value is -0.610. The summed E-state index contributed by atoms with van der Waals surface area (Å²) in [5, 5.41) is 9.72. The Morgan fingerprint density at radius 1 is 1.64 bits per heavy atom. The van der Waals surface area contributed by atoms with E-state index in [-0.39, 0.29) is 12.0 Å². The van der Waals surface area contributed by atoms with Gasteiger partial charge in [-0.3, -0.25) is 4.79 Å². The maximum atomic E-state index is 11.8. The molecule has 2 heterocycles. The Balaban J connectivity index is 1.92. The summed E-state index contributed by atoms with van der Waals surface area (Å²) in [6, 6.07) is 0. The third-order valence-corrected chi connectivity index (χ3v) is 2.97. The van der Waals surface area contributed by atoms with Gasteiger partial charge in [0, 0.05) is 19.7 Å². The number of β-amino-alcohol motifs (C(OH)–C–C–N with tert-alkyl or cyclic N) is 1. The van der Waals surface area contributed by atoms with Crippen molar-refractivity contribution in [2.24, 2.45) is 0 Å². The SMILES string of the molecule is CC1(O)CCN(C(=O)C2CCCO2)C1. The molecule has 0 spiro atoms. The van der Waals surface area contributed by atoms with Crippen LogP contribution in [0.25, 0.3) is 0 Å². The van der Waals surface area contributed by atoms with E-state index >= 15 is 0 Å². The average molecular weight is 199 g/mol. The standard InChI is InChI=1S/C10H17NO3/c1-10(13)4-5-11(7-10)9(12)8-3-2-6-14-8/h8,13H,2-7H2,1H3. The minimum absolute atomic E-state index is 0.0558. The van der Waals surface area contributed by atoms with Crippen molar-refractivity contribution in [3.8, 4) is 0 Å². The number of hydrogen-bond acceptors (Lipinski definition) is 3. The molecular formula is C10H17NO3. The van der Waals surface area contributed by atoms with Crippen molar-refractivity contribution in [1.29, 1.82) is 0 Å². The number of hydrogen-bond donors (Lipinski definition) is 1. The molecule has 2 unspecified atom stereocenters. The molecule has 4 nitrogen and oxygen atoms in total. The Kier molecular flexibility index (Phi) is 2.49. The van der Waals surface area contributed by atoms with Gasteiger partial charge in [-0.1, -0.05) is 0 Å². The van der Waals surface area contributed by atoms with Gasteiger partial charge >= 0.3 is 0 Å². The molecule has 80 valence electrons. The zero-order chi connectivity index (χ0) is 10.2. The first-order valence-corrected chi connectivity index (χ1v) is 5.21. The molecule has 0 bridgehead atoms. The van der Waals surface area contributed by atoms with E-state index in [1.54, 1.807) is 11.8 Å². The van der Waals surface area contributed by atoms with Crippen molar-refractivity contribution >= 4 is 5.91 Å². The second-order valence-electron chi connectivity index (χ2n) is 4.51. The Morgan fingerprint density at radius 3 is 2.93 bits per heavy atom. The lowest BCUT2D eigenvalue weighted by molar-refractivity contribution is -0.140. The zero-order valence-electron chi connectivity index (χ0n) is 8.53. The third-order valence-electron chi connectivity index (χ3n) is 2.97. The van der Waals surface area contributed by atoms with Gasteiger partial charge in [0.1, 0.15) is 6.10 Å². The molecule has 1 N–H and O–H groups in total. The number of rotatable bonds is 1. The van der Waals surface area contributed by atoms with Crippen LogP contribution in [0.4, 0.5) is 0 Å². The molecule has 2 saturated heterocycles. The van der Waals surface area contributed by atoms with Crippen LogP contribution < -0.4 is 0 Å². The number of carbonyl (C=O) groups excluding carboxylic acids is 1. The molecule has 1 amide bonds. The number of ether oxygens (including phenoxy) is 1. The summed E-state index contributed by atoms with van der Waals surface area (Å²) in [5.41, 5.74) is -0.700. The highest BCUT2D eigenvalue weighted by atomic mass is 16.5. The first kappa shape index (κ1) is 9.93. The first-order chi connectivity index (χ1) is 6.58. The number of carbonyl (C=O) groups is 1. The topological polar surface area (TPSA) is 49.8 Å². The summed E-state index contributed by atoms with van der Waals surface area (Å²) >= 11 is 0. The molecule has 0 saturated carbocycles. The third kappa shape index (κ3) is 1.91. The molecule has 2 rings (SSSR count). The predicted octanol–water partition coefficient (Wildman–Crippen LogP) is 0.149. The van der Waals surface area contributed by atoms with Gasteiger partial charge in [0.25, 0.3) is 5.91 Å². The Labute approximate surface area is 83.8 Å². The van der Waals surface area contributed by atoms with Gasteiger partial charge in [0.15, 0.2) is 0 Å². The molecule has 0 aliphatic carbocycles. The van der Waals surface area contributed by atoms with Crippen LogP contribution in [0.2, 0.25) is 0 Å². The number of nitrogens with zero attached hydrogens (tertiary/aromatic N) is 1. The van der Waals surface area contributed by atoms with E-state index in [9.17, 15) is 9.90 Å². The quantitative estimate of drug-likeness (QED) is 0.654. The molecular weight excluding hydrogens is 182 g/mol. The summed E-state index contributed by atoms with van der Waals surface area (Å²) in [6.07, 6.45) is 2.23. The van der Waals surface area contributed by atoms with Gasteiger partial charge in [-0.25, -0.2) is 0 Å². The first-order valence-electron chi connectivity index (χ1n) is 5.21. The van der Waals surface area contributed by atoms with Crippen LogP contribution in [-0.2, 0) is 9.53 Å². The highest BCUT2D eigenvalue weighted by Crippen LogP contribution is 2.23. The normalized spacial score (nSPS) is 37.9. The number of likely N-dealkylation sites (tertiary alicyclic amines) is 1. The van der Waals surface area contributed by atoms with Crippen LogP contribution in [0, 0.1) is 0 Å². The van der Waals surface area contributed by atoms with Crippen LogP contribution in [-0.4, -0.2) is 47.3 Å². The Bertz CT molecular complexity index is 234. The lowest BCUT2D eigenvalue weighted by Crippen LogP contribution is -2.39. The minimum Gasteiger partial charge on any atom is -0.388 e. The van der Waals surface area contributed by atoms with Crippen molar-refractivity contribution in [3.63, 3.8) is 0 Å². The van der Waals surface area contributed by atoms with Crippen LogP contribution >= 0.6 is 0 Å². The monoisotopic (exact) mass is 199 g/mol. The molecule has 14 heavy (non-hydrogen) atoms. The van der Waals surface area contributed by atoms with E-state index in [2.05, 4.69) is 0 Å². The van der Waals surface area contributed by atoms with E-state index in [1.165, 1.54) is 0 Å². The minimum atomic E-state index is -0.700. The van der Waals surface area contributed by atoms with Crippen LogP contribution in [0.3, 0.4) is 0 Å². The lowest BCUT2D eigenvalue weighted by Gasteiger charge is -2.21. The number of aliphatic hydroxyl groups is 1. The van der Waals surface area contributed by atoms with E-state index in [4.69, 9.17) is 4.74 Å². The summed E-state index contributed by atoms with van der Waals surface area (Å²) < 4.78 is 5.32. The molecule has 2 fully saturated rings. The summed E-state index contributed by atoms with van der Waals surface area (Å²) in [7, 11) is 0. The molecule has 4 heteroatoms. The maximum Gasteiger partial charge on any atom is 0.251 e. The van der Waals surface area contributed by atoms with E-state index in [0.717, 1.165) is 12.8 Å². The van der Waals surface area contributed by atoms with Crippen molar-refractivity contribution in [1.82, 2.24) is 4.90 Å². The van der Waals surface area contributed by atoms with Gasteiger partial charge in [-0.05, 0) is 26.2 Å². The van der Waals surface area contributed by atoms with Crippen molar-refractivity contribution < 1.29 is 14.6 Å². The maximum absolute atomic E-state index is 11.8. The van der Waals surface area contributed by atoms with Gasteiger partial charge in [-0.15, -0.1) is 0 Å². The smallest absolute Gasteiger partial charge is 0.251 e. The van der Waals surface area contributed by atoms with E-state index in [0.29, 0.717) is 26.1 Å². The lowest BCUT2D eigenvalue weighted by atomic mass is 10.1. The predicted molar refractivity (Wildman–Crippen MR) is 50.8 cm³/mol. The Morgan fingerprint density at radius 2 is 2.43 bits per heavy atom. The van der Waals surface area contributed by atoms with Crippen LogP contribution in [0.5, 0.6) is 0 Å². The molecule has 2 atom stereocenters. The van der Waals surface area contributed by atoms with Crippen molar-refractivity contribution in [2.75, 3.05) is 19.7 Å². The largest absolute Gasteiger partial charge is 0.388 e. The molecule has 2 aliphatic rings. The molecule has 0 radical (unpaired) electrons. The molecule has 2 aliphatic heterocycles. The fourth-order valence-electron chi connectivity index (χ4n) is 2.11. The highest BCUT2D eigenvalue weighted by Gasteiger charge is 2.37. The summed E-state index contributed by atoms with van der Waals surface area (Å²) in [5.74, 6) is 0.0558. The van der Waals surface area contributed by atoms with E-state index in [1.807, 2.05) is 0 Å². The van der Waals surface area contributed by atoms with Crippen LogP contribution in [0.15, 0.2) is 0 Å². The zero-order valence-corrected chi connectivity index (χ0v) is 8.53. The number of amides is 1. The van der Waals surface area contributed by atoms with Gasteiger partial charge < -0.3 is 14.7 Å². The average Bonchev–Trinajstić information content (AvgIpc) is 2.72. The fraction of sp³-hybridized carbons (Fsp3) is 0.900. The second kappa shape index (κ2) is 3.51. The fourth-order valence-corrected chi connectivity index (χ4v) is 2.11. The highest BCUT2D eigenvalue weighted by molar-refractivity contribution is 5.81. The van der Waals surface area contributed by atoms with Gasteiger partial charge in [0.2, 0.25) is 0 Å². The van der Waals surface area contributed by atoms with Crippen LogP contribution in [0.1, 0.15) is 26.2 Å². The van der Waals surface area contributed by atoms with Crippen molar-refractivity contribution in [2.45, 2.75) is 37.9 Å². The van der Waals surface area contributed by atoms with E-state index < -0.39 is 5.60 Å². The molecule has 0 aromatic heterocycles. The molecule has 0 aromatic rings. The van der Waals surface area contributed by atoms with Crippen molar-refractivity contribution in [3.05, 3.63) is 0 Å². The second-order valence-corrected chi connectivity index (χ2v) is 4.51. The van der Waals surface area contributed by atoms with Gasteiger partial charge in [0.05, 0.1) is 5.60 Å².